The molecule has 0 aliphatic carbocycles. The number of thiazole rings is 1. The zero-order valence-electron chi connectivity index (χ0n) is 19.9. The molecule has 0 atom stereocenters. The summed E-state index contributed by atoms with van der Waals surface area (Å²) in [5.41, 5.74) is 1.41. The highest BCUT2D eigenvalue weighted by Gasteiger charge is 2.25. The molecule has 1 saturated heterocycles. The van der Waals surface area contributed by atoms with Crippen LogP contribution in [0.15, 0.2) is 40.3 Å². The lowest BCUT2D eigenvalue weighted by Crippen LogP contribution is -2.48. The first-order valence-corrected chi connectivity index (χ1v) is 12.6. The fourth-order valence-corrected chi connectivity index (χ4v) is 4.74. The Bertz CT molecular complexity index is 1050. The van der Waals surface area contributed by atoms with Crippen molar-refractivity contribution >= 4 is 17.2 Å². The van der Waals surface area contributed by atoms with Crippen LogP contribution in [0, 0.1) is 0 Å². The Labute approximate surface area is 204 Å². The van der Waals surface area contributed by atoms with Crippen LogP contribution in [0.1, 0.15) is 36.1 Å². The fourth-order valence-electron chi connectivity index (χ4n) is 3.92. The first-order chi connectivity index (χ1) is 16.6. The maximum atomic E-state index is 13.3. The van der Waals surface area contributed by atoms with Gasteiger partial charge in [0.05, 0.1) is 32.6 Å². The molecule has 0 radical (unpaired) electrons. The number of aromatic nitrogens is 1. The lowest BCUT2D eigenvalue weighted by molar-refractivity contribution is 0.0627. The van der Waals surface area contributed by atoms with E-state index in [0.29, 0.717) is 55.7 Å². The number of hydrogen-bond donors (Lipinski definition) is 0. The molecule has 182 valence electrons. The maximum absolute atomic E-state index is 13.3. The Morgan fingerprint density at radius 3 is 2.29 bits per heavy atom. The molecule has 9 heteroatoms. The third kappa shape index (κ3) is 5.53. The summed E-state index contributed by atoms with van der Waals surface area (Å²) in [6.07, 6.45) is 1.66. The second-order valence-corrected chi connectivity index (χ2v) is 8.72. The highest BCUT2D eigenvalue weighted by Crippen LogP contribution is 2.39. The molecule has 1 aliphatic rings. The van der Waals surface area contributed by atoms with E-state index in [2.05, 4.69) is 9.88 Å². The second kappa shape index (κ2) is 11.4. The summed E-state index contributed by atoms with van der Waals surface area (Å²) in [7, 11) is 0. The Morgan fingerprint density at radius 2 is 1.71 bits per heavy atom. The molecule has 0 spiro atoms. The van der Waals surface area contributed by atoms with Gasteiger partial charge < -0.3 is 23.5 Å². The van der Waals surface area contributed by atoms with E-state index in [-0.39, 0.29) is 5.91 Å². The zero-order valence-corrected chi connectivity index (χ0v) is 20.7. The highest BCUT2D eigenvalue weighted by molar-refractivity contribution is 7.09. The van der Waals surface area contributed by atoms with Crippen molar-refractivity contribution < 1.29 is 23.4 Å². The molecule has 0 N–H and O–H groups in total. The predicted molar refractivity (Wildman–Crippen MR) is 131 cm³/mol. The van der Waals surface area contributed by atoms with Gasteiger partial charge in [0, 0.05) is 37.1 Å². The van der Waals surface area contributed by atoms with Crippen LogP contribution in [0.2, 0.25) is 0 Å². The summed E-state index contributed by atoms with van der Waals surface area (Å²) in [5, 5.41) is 3.06. The van der Waals surface area contributed by atoms with E-state index in [0.717, 1.165) is 36.1 Å². The van der Waals surface area contributed by atoms with Gasteiger partial charge in [-0.25, -0.2) is 4.98 Å². The number of hydrogen-bond acceptors (Lipinski definition) is 8. The van der Waals surface area contributed by atoms with Crippen molar-refractivity contribution in [1.82, 2.24) is 14.8 Å². The SMILES string of the molecule is CCOc1cc(C(=O)N2CCN(Cc3nc(-c4ccco4)cs3)CC2)cc(OCC)c1OCC. The summed E-state index contributed by atoms with van der Waals surface area (Å²) in [6, 6.07) is 7.30. The van der Waals surface area contributed by atoms with Crippen molar-refractivity contribution in [2.75, 3.05) is 46.0 Å². The van der Waals surface area contributed by atoms with Crippen molar-refractivity contribution in [3.05, 3.63) is 46.5 Å². The molecule has 1 aromatic carbocycles. The fraction of sp³-hybridized carbons (Fsp3) is 0.440. The summed E-state index contributed by atoms with van der Waals surface area (Å²) in [5.74, 6) is 2.37. The number of nitrogens with zero attached hydrogens (tertiary/aromatic N) is 3. The Morgan fingerprint density at radius 1 is 1.03 bits per heavy atom. The average Bonchev–Trinajstić information content (AvgIpc) is 3.54. The number of carbonyl (C=O) groups is 1. The van der Waals surface area contributed by atoms with E-state index < -0.39 is 0 Å². The van der Waals surface area contributed by atoms with Crippen LogP contribution in [-0.2, 0) is 6.54 Å². The van der Waals surface area contributed by atoms with Gasteiger partial charge in [0.1, 0.15) is 10.7 Å². The molecule has 2 aromatic heterocycles. The molecule has 1 aliphatic heterocycles. The van der Waals surface area contributed by atoms with Crippen molar-refractivity contribution in [1.29, 1.82) is 0 Å². The molecule has 0 saturated carbocycles. The van der Waals surface area contributed by atoms with Gasteiger partial charge in [0.2, 0.25) is 5.75 Å². The molecule has 3 heterocycles. The van der Waals surface area contributed by atoms with Crippen LogP contribution in [0.25, 0.3) is 11.5 Å². The van der Waals surface area contributed by atoms with E-state index in [1.807, 2.05) is 43.2 Å². The average molecular weight is 486 g/mol. The third-order valence-corrected chi connectivity index (χ3v) is 6.33. The molecule has 0 unspecified atom stereocenters. The minimum absolute atomic E-state index is 0.0287. The number of amides is 1. The first kappa shape index (κ1) is 24.1. The van der Waals surface area contributed by atoms with Crippen molar-refractivity contribution in [3.63, 3.8) is 0 Å². The number of furan rings is 1. The van der Waals surface area contributed by atoms with Gasteiger partial charge in [-0.2, -0.15) is 0 Å². The smallest absolute Gasteiger partial charge is 0.254 e. The minimum atomic E-state index is -0.0287. The summed E-state index contributed by atoms with van der Waals surface area (Å²) >= 11 is 1.63. The second-order valence-electron chi connectivity index (χ2n) is 7.77. The standard InChI is InChI=1S/C25H31N3O5S/c1-4-30-21-14-18(15-22(31-5-2)24(21)32-6-3)25(29)28-11-9-27(10-12-28)16-23-26-19(17-34-23)20-8-7-13-33-20/h7-8,13-15,17H,4-6,9-12,16H2,1-3H3. The monoisotopic (exact) mass is 485 g/mol. The highest BCUT2D eigenvalue weighted by atomic mass is 32.1. The third-order valence-electron chi connectivity index (χ3n) is 5.50. The van der Waals surface area contributed by atoms with Gasteiger partial charge in [-0.15, -0.1) is 11.3 Å². The zero-order chi connectivity index (χ0) is 23.9. The van der Waals surface area contributed by atoms with Crippen LogP contribution < -0.4 is 14.2 Å². The van der Waals surface area contributed by atoms with Crippen LogP contribution in [-0.4, -0.2) is 66.7 Å². The summed E-state index contributed by atoms with van der Waals surface area (Å²) in [6.45, 7) is 10.8. The van der Waals surface area contributed by atoms with E-state index in [1.54, 1.807) is 29.7 Å². The molecule has 0 bridgehead atoms. The van der Waals surface area contributed by atoms with Crippen molar-refractivity contribution in [2.24, 2.45) is 0 Å². The first-order valence-electron chi connectivity index (χ1n) is 11.7. The Hall–Kier alpha value is -3.04. The molecular weight excluding hydrogens is 454 g/mol. The molecular formula is C25H31N3O5S. The molecule has 8 nitrogen and oxygen atoms in total. The molecule has 34 heavy (non-hydrogen) atoms. The van der Waals surface area contributed by atoms with E-state index in [4.69, 9.17) is 18.6 Å². The maximum Gasteiger partial charge on any atom is 0.254 e. The predicted octanol–water partition coefficient (Wildman–Crippen LogP) is 4.56. The Kier molecular flexibility index (Phi) is 8.08. The van der Waals surface area contributed by atoms with Gasteiger partial charge >= 0.3 is 0 Å². The van der Waals surface area contributed by atoms with Gasteiger partial charge in [0.25, 0.3) is 5.91 Å². The van der Waals surface area contributed by atoms with Crippen molar-refractivity contribution in [3.8, 4) is 28.7 Å². The van der Waals surface area contributed by atoms with E-state index in [9.17, 15) is 4.79 Å². The number of rotatable bonds is 10. The molecule has 1 fully saturated rings. The van der Waals surface area contributed by atoms with Gasteiger partial charge in [0.15, 0.2) is 17.3 Å². The lowest BCUT2D eigenvalue weighted by Gasteiger charge is -2.34. The van der Waals surface area contributed by atoms with Gasteiger partial charge in [-0.1, -0.05) is 0 Å². The van der Waals surface area contributed by atoms with Crippen molar-refractivity contribution in [2.45, 2.75) is 27.3 Å². The number of benzene rings is 1. The Balaban J connectivity index is 1.40. The van der Waals surface area contributed by atoms with E-state index >= 15 is 0 Å². The van der Waals surface area contributed by atoms with Crippen LogP contribution in [0.4, 0.5) is 0 Å². The van der Waals surface area contributed by atoms with Crippen LogP contribution >= 0.6 is 11.3 Å². The number of carbonyl (C=O) groups excluding carboxylic acids is 1. The van der Waals surface area contributed by atoms with E-state index in [1.165, 1.54) is 0 Å². The normalized spacial score (nSPS) is 14.3. The largest absolute Gasteiger partial charge is 0.490 e. The van der Waals surface area contributed by atoms with Gasteiger partial charge in [-0.05, 0) is 45.0 Å². The lowest BCUT2D eigenvalue weighted by atomic mass is 10.1. The van der Waals surface area contributed by atoms with Crippen LogP contribution in [0.3, 0.4) is 0 Å². The minimum Gasteiger partial charge on any atom is -0.490 e. The molecule has 3 aromatic rings. The molecule has 1 amide bonds. The van der Waals surface area contributed by atoms with Crippen LogP contribution in [0.5, 0.6) is 17.2 Å². The summed E-state index contributed by atoms with van der Waals surface area (Å²) < 4.78 is 22.7. The quantitative estimate of drug-likeness (QED) is 0.417. The summed E-state index contributed by atoms with van der Waals surface area (Å²) in [4.78, 5) is 22.2. The topological polar surface area (TPSA) is 77.3 Å². The molecule has 4 rings (SSSR count). The number of piperazine rings is 1. The van der Waals surface area contributed by atoms with Gasteiger partial charge in [-0.3, -0.25) is 9.69 Å². The number of ether oxygens (including phenoxy) is 3.